The SMILES string of the molecule is C#Cc1cc(C(C)(C)C)cc(-c2cccnc2OCc2ccccc2)c1C#N. The summed E-state index contributed by atoms with van der Waals surface area (Å²) in [4.78, 5) is 4.41. The van der Waals surface area contributed by atoms with Crippen LogP contribution in [-0.4, -0.2) is 4.98 Å². The molecule has 3 rings (SSSR count). The van der Waals surface area contributed by atoms with Gasteiger partial charge in [0.05, 0.1) is 5.56 Å². The van der Waals surface area contributed by atoms with Crippen LogP contribution in [0.2, 0.25) is 0 Å². The number of benzene rings is 2. The molecule has 0 spiro atoms. The van der Waals surface area contributed by atoms with Crippen molar-refractivity contribution in [3.63, 3.8) is 0 Å². The third-order valence-electron chi connectivity index (χ3n) is 4.55. The Morgan fingerprint density at radius 2 is 1.79 bits per heavy atom. The molecule has 0 bridgehead atoms. The second-order valence-corrected chi connectivity index (χ2v) is 7.58. The van der Waals surface area contributed by atoms with E-state index in [1.54, 1.807) is 6.20 Å². The van der Waals surface area contributed by atoms with Gasteiger partial charge < -0.3 is 4.74 Å². The van der Waals surface area contributed by atoms with Crippen LogP contribution in [0.4, 0.5) is 0 Å². The summed E-state index contributed by atoms with van der Waals surface area (Å²) in [5.41, 5.74) is 4.56. The largest absolute Gasteiger partial charge is 0.472 e. The van der Waals surface area contributed by atoms with Gasteiger partial charge in [0, 0.05) is 22.9 Å². The molecule has 2 aromatic carbocycles. The summed E-state index contributed by atoms with van der Waals surface area (Å²) in [5.74, 6) is 3.15. The molecule has 0 aliphatic heterocycles. The molecule has 138 valence electrons. The monoisotopic (exact) mass is 366 g/mol. The van der Waals surface area contributed by atoms with Gasteiger partial charge in [0.15, 0.2) is 0 Å². The van der Waals surface area contributed by atoms with Crippen LogP contribution in [0.5, 0.6) is 5.88 Å². The molecule has 0 radical (unpaired) electrons. The van der Waals surface area contributed by atoms with Crippen LogP contribution in [0.1, 0.15) is 43.0 Å². The zero-order chi connectivity index (χ0) is 20.1. The van der Waals surface area contributed by atoms with Crippen molar-refractivity contribution in [2.24, 2.45) is 0 Å². The van der Waals surface area contributed by atoms with Crippen molar-refractivity contribution >= 4 is 0 Å². The van der Waals surface area contributed by atoms with Gasteiger partial charge in [0.25, 0.3) is 0 Å². The van der Waals surface area contributed by atoms with Crippen LogP contribution in [0.25, 0.3) is 11.1 Å². The molecule has 0 saturated heterocycles. The van der Waals surface area contributed by atoms with Crippen LogP contribution >= 0.6 is 0 Å². The Labute approximate surface area is 166 Å². The minimum atomic E-state index is -0.110. The lowest BCUT2D eigenvalue weighted by Crippen LogP contribution is -2.12. The second kappa shape index (κ2) is 7.99. The summed E-state index contributed by atoms with van der Waals surface area (Å²) in [7, 11) is 0. The molecule has 0 N–H and O–H groups in total. The Morgan fingerprint density at radius 3 is 2.43 bits per heavy atom. The Morgan fingerprint density at radius 1 is 1.04 bits per heavy atom. The number of aromatic nitrogens is 1. The molecule has 0 amide bonds. The molecule has 0 fully saturated rings. The average molecular weight is 366 g/mol. The Kier molecular flexibility index (Phi) is 5.48. The molecule has 0 atom stereocenters. The first-order valence-electron chi connectivity index (χ1n) is 9.11. The van der Waals surface area contributed by atoms with Crippen molar-refractivity contribution in [1.82, 2.24) is 4.98 Å². The zero-order valence-corrected chi connectivity index (χ0v) is 16.4. The van der Waals surface area contributed by atoms with E-state index in [0.29, 0.717) is 23.6 Å². The molecule has 3 heteroatoms. The number of hydrogen-bond acceptors (Lipinski definition) is 3. The minimum absolute atomic E-state index is 0.110. The molecule has 28 heavy (non-hydrogen) atoms. The summed E-state index contributed by atoms with van der Waals surface area (Å²) < 4.78 is 6.00. The maximum atomic E-state index is 9.78. The van der Waals surface area contributed by atoms with Crippen molar-refractivity contribution in [3.05, 3.63) is 83.0 Å². The van der Waals surface area contributed by atoms with Gasteiger partial charge in [0.1, 0.15) is 12.7 Å². The summed E-state index contributed by atoms with van der Waals surface area (Å²) in [6.45, 7) is 6.76. The quantitative estimate of drug-likeness (QED) is 0.575. The smallest absolute Gasteiger partial charge is 0.221 e. The van der Waals surface area contributed by atoms with Crippen LogP contribution in [0.15, 0.2) is 60.8 Å². The Balaban J connectivity index is 2.11. The highest BCUT2D eigenvalue weighted by molar-refractivity contribution is 5.78. The van der Waals surface area contributed by atoms with Crippen molar-refractivity contribution in [2.45, 2.75) is 32.8 Å². The molecular weight excluding hydrogens is 344 g/mol. The third kappa shape index (κ3) is 4.05. The number of rotatable bonds is 4. The number of pyridine rings is 1. The van der Waals surface area contributed by atoms with Crippen molar-refractivity contribution < 1.29 is 4.74 Å². The van der Waals surface area contributed by atoms with E-state index in [1.165, 1.54) is 0 Å². The lowest BCUT2D eigenvalue weighted by Gasteiger charge is -2.22. The first-order valence-corrected chi connectivity index (χ1v) is 9.11. The van der Waals surface area contributed by atoms with Gasteiger partial charge in [0.2, 0.25) is 5.88 Å². The van der Waals surface area contributed by atoms with Crippen molar-refractivity contribution in [2.75, 3.05) is 0 Å². The van der Waals surface area contributed by atoms with E-state index in [1.807, 2.05) is 54.6 Å². The highest BCUT2D eigenvalue weighted by Crippen LogP contribution is 2.36. The molecule has 0 saturated carbocycles. The van der Waals surface area contributed by atoms with E-state index >= 15 is 0 Å². The van der Waals surface area contributed by atoms with E-state index in [4.69, 9.17) is 11.2 Å². The highest BCUT2D eigenvalue weighted by Gasteiger charge is 2.21. The lowest BCUT2D eigenvalue weighted by molar-refractivity contribution is 0.295. The van der Waals surface area contributed by atoms with Crippen LogP contribution in [-0.2, 0) is 12.0 Å². The van der Waals surface area contributed by atoms with Crippen LogP contribution in [0, 0.1) is 23.7 Å². The highest BCUT2D eigenvalue weighted by atomic mass is 16.5. The van der Waals surface area contributed by atoms with E-state index < -0.39 is 0 Å². The fourth-order valence-electron chi connectivity index (χ4n) is 2.96. The fourth-order valence-corrected chi connectivity index (χ4v) is 2.96. The summed E-state index contributed by atoms with van der Waals surface area (Å²) in [6.07, 6.45) is 7.40. The average Bonchev–Trinajstić information content (AvgIpc) is 2.71. The molecule has 3 nitrogen and oxygen atoms in total. The van der Waals surface area contributed by atoms with Gasteiger partial charge in [-0.25, -0.2) is 4.98 Å². The van der Waals surface area contributed by atoms with Gasteiger partial charge in [-0.2, -0.15) is 5.26 Å². The van der Waals surface area contributed by atoms with Gasteiger partial charge in [-0.05, 0) is 40.8 Å². The molecular formula is C25H22N2O. The normalized spacial score (nSPS) is 10.8. The van der Waals surface area contributed by atoms with Gasteiger partial charge in [-0.15, -0.1) is 6.42 Å². The number of nitriles is 1. The number of terminal acetylenes is 1. The number of ether oxygens (including phenoxy) is 1. The summed E-state index contributed by atoms with van der Waals surface area (Å²) in [6, 6.07) is 19.9. The van der Waals surface area contributed by atoms with Crippen LogP contribution < -0.4 is 4.74 Å². The van der Waals surface area contributed by atoms with Gasteiger partial charge in [-0.3, -0.25) is 0 Å². The van der Waals surface area contributed by atoms with Gasteiger partial charge >= 0.3 is 0 Å². The lowest BCUT2D eigenvalue weighted by atomic mass is 9.82. The molecule has 1 aromatic heterocycles. The third-order valence-corrected chi connectivity index (χ3v) is 4.55. The molecule has 3 aromatic rings. The topological polar surface area (TPSA) is 45.9 Å². The zero-order valence-electron chi connectivity index (χ0n) is 16.4. The van der Waals surface area contributed by atoms with E-state index in [9.17, 15) is 5.26 Å². The molecule has 0 aliphatic carbocycles. The van der Waals surface area contributed by atoms with E-state index in [0.717, 1.165) is 22.3 Å². The van der Waals surface area contributed by atoms with Crippen molar-refractivity contribution in [1.29, 1.82) is 5.26 Å². The number of hydrogen-bond donors (Lipinski definition) is 0. The predicted molar refractivity (Wildman–Crippen MR) is 112 cm³/mol. The first-order chi connectivity index (χ1) is 13.4. The summed E-state index contributed by atoms with van der Waals surface area (Å²) in [5, 5.41) is 9.78. The molecule has 1 heterocycles. The van der Waals surface area contributed by atoms with E-state index in [-0.39, 0.29) is 5.41 Å². The fraction of sp³-hybridized carbons (Fsp3) is 0.200. The van der Waals surface area contributed by atoms with E-state index in [2.05, 4.69) is 37.7 Å². The molecule has 0 aliphatic rings. The Hall–Kier alpha value is -3.56. The maximum absolute atomic E-state index is 9.78. The predicted octanol–water partition coefficient (Wildman–Crippen LogP) is 5.48. The molecule has 0 unspecified atom stereocenters. The van der Waals surface area contributed by atoms with Crippen molar-refractivity contribution in [3.8, 4) is 35.4 Å². The summed E-state index contributed by atoms with van der Waals surface area (Å²) >= 11 is 0. The standard InChI is InChI=1S/C25H22N2O/c1-5-19-14-20(25(2,3)4)15-22(23(19)16-26)21-12-9-13-27-24(21)28-17-18-10-7-6-8-11-18/h1,6-15H,17H2,2-4H3. The second-order valence-electron chi connectivity index (χ2n) is 7.58. The van der Waals surface area contributed by atoms with Gasteiger partial charge in [-0.1, -0.05) is 57.0 Å². The minimum Gasteiger partial charge on any atom is -0.472 e. The number of nitrogens with zero attached hydrogens (tertiary/aromatic N) is 2. The maximum Gasteiger partial charge on any atom is 0.221 e. The first kappa shape index (κ1) is 19.2. The van der Waals surface area contributed by atoms with Crippen LogP contribution in [0.3, 0.4) is 0 Å². The Bertz CT molecular complexity index is 1060.